The Balaban J connectivity index is 4.81. The highest BCUT2D eigenvalue weighted by atomic mass is 28.4. The van der Waals surface area contributed by atoms with Crippen LogP contribution >= 0.6 is 0 Å². The van der Waals surface area contributed by atoms with Crippen LogP contribution in [0.15, 0.2) is 0 Å². The minimum Gasteiger partial charge on any atom is -0.389 e. The molecule has 9 heteroatoms. The predicted octanol–water partition coefficient (Wildman–Crippen LogP) is 3.08. The van der Waals surface area contributed by atoms with Gasteiger partial charge in [0.05, 0.1) is 25.4 Å². The van der Waals surface area contributed by atoms with Crippen molar-refractivity contribution in [2.45, 2.75) is 85.0 Å². The molecule has 0 fully saturated rings. The molecule has 0 aliphatic rings. The van der Waals surface area contributed by atoms with E-state index in [4.69, 9.17) is 22.8 Å². The monoisotopic (exact) mass is 481 g/mol. The minimum atomic E-state index is -2.70. The number of ether oxygens (including phenoxy) is 2. The highest BCUT2D eigenvalue weighted by molar-refractivity contribution is 6.60. The smallest absolute Gasteiger partial charge is 0.389 e. The summed E-state index contributed by atoms with van der Waals surface area (Å²) in [5, 5.41) is 20.9. The molecule has 0 rings (SSSR count). The third kappa shape index (κ3) is 16.5. The standard InChI is InChI=1S/C23H51NO7Si/c1-6-11-15-27-20-22(25)18-24(19-23(26)21-28-16-12-7-2)14-13-17-32(29-8-3,30-9-4)31-10-5/h22-23,25-26H,6-21H2,1-5H3. The summed E-state index contributed by atoms with van der Waals surface area (Å²) >= 11 is 0. The summed E-state index contributed by atoms with van der Waals surface area (Å²) in [6, 6.07) is 0.700. The SMILES string of the molecule is CCCCOCC(O)CN(CCC[Si](OCC)(OCC)OCC)CC(O)COCCCC. The largest absolute Gasteiger partial charge is 0.500 e. The maximum Gasteiger partial charge on any atom is 0.500 e. The lowest BCUT2D eigenvalue weighted by Crippen LogP contribution is -2.47. The van der Waals surface area contributed by atoms with Gasteiger partial charge in [-0.15, -0.1) is 0 Å². The second-order valence-electron chi connectivity index (χ2n) is 8.01. The van der Waals surface area contributed by atoms with Gasteiger partial charge in [-0.2, -0.15) is 0 Å². The summed E-state index contributed by atoms with van der Waals surface area (Å²) in [6.07, 6.45) is 3.70. The van der Waals surface area contributed by atoms with Crippen LogP contribution in [0.4, 0.5) is 0 Å². The summed E-state index contributed by atoms with van der Waals surface area (Å²) in [6.45, 7) is 15.2. The molecule has 8 nitrogen and oxygen atoms in total. The second kappa shape index (κ2) is 21.4. The van der Waals surface area contributed by atoms with Crippen molar-refractivity contribution in [1.29, 1.82) is 0 Å². The van der Waals surface area contributed by atoms with Crippen molar-refractivity contribution >= 4 is 8.80 Å². The Labute approximate surface area is 197 Å². The van der Waals surface area contributed by atoms with E-state index in [0.717, 1.165) is 32.1 Å². The Kier molecular flexibility index (Phi) is 21.4. The molecule has 0 saturated heterocycles. The molecule has 2 N–H and O–H groups in total. The maximum absolute atomic E-state index is 10.4. The number of aliphatic hydroxyl groups is 2. The van der Waals surface area contributed by atoms with Gasteiger partial charge in [-0.3, -0.25) is 4.90 Å². The van der Waals surface area contributed by atoms with Crippen molar-refractivity contribution in [3.63, 3.8) is 0 Å². The van der Waals surface area contributed by atoms with Crippen LogP contribution in [0, 0.1) is 0 Å². The molecule has 32 heavy (non-hydrogen) atoms. The third-order valence-electron chi connectivity index (χ3n) is 4.89. The van der Waals surface area contributed by atoms with Gasteiger partial charge in [-0.05, 0) is 46.6 Å². The highest BCUT2D eigenvalue weighted by Gasteiger charge is 2.39. The molecule has 0 heterocycles. The molecule has 0 saturated carbocycles. The molecule has 0 aromatic carbocycles. The lowest BCUT2D eigenvalue weighted by Gasteiger charge is -2.31. The number of hydrogen-bond donors (Lipinski definition) is 2. The van der Waals surface area contributed by atoms with Gasteiger partial charge >= 0.3 is 8.80 Å². The second-order valence-corrected chi connectivity index (χ2v) is 10.7. The average molecular weight is 482 g/mol. The van der Waals surface area contributed by atoms with Crippen LogP contribution in [0.1, 0.15) is 66.7 Å². The fourth-order valence-corrected chi connectivity index (χ4v) is 6.00. The number of unbranched alkanes of at least 4 members (excludes halogenated alkanes) is 2. The van der Waals surface area contributed by atoms with Gasteiger partial charge in [0.25, 0.3) is 0 Å². The fourth-order valence-electron chi connectivity index (χ4n) is 3.41. The molecule has 0 aromatic heterocycles. The topological polar surface area (TPSA) is 89.9 Å². The lowest BCUT2D eigenvalue weighted by molar-refractivity contribution is -0.0111. The van der Waals surface area contributed by atoms with Crippen molar-refractivity contribution in [3.8, 4) is 0 Å². The zero-order chi connectivity index (χ0) is 24.1. The molecule has 0 aliphatic heterocycles. The van der Waals surface area contributed by atoms with Gasteiger partial charge in [0.2, 0.25) is 0 Å². The molecule has 0 amide bonds. The molecule has 0 radical (unpaired) electrons. The quantitative estimate of drug-likeness (QED) is 0.161. The van der Waals surface area contributed by atoms with E-state index in [1.54, 1.807) is 0 Å². The lowest BCUT2D eigenvalue weighted by atomic mass is 10.2. The molecule has 2 unspecified atom stereocenters. The van der Waals surface area contributed by atoms with Crippen LogP contribution in [0.5, 0.6) is 0 Å². The van der Waals surface area contributed by atoms with Crippen molar-refractivity contribution in [3.05, 3.63) is 0 Å². The van der Waals surface area contributed by atoms with Gasteiger partial charge in [0, 0.05) is 52.2 Å². The summed E-state index contributed by atoms with van der Waals surface area (Å²) in [7, 11) is -2.70. The number of nitrogens with zero attached hydrogens (tertiary/aromatic N) is 1. The van der Waals surface area contributed by atoms with Gasteiger partial charge in [0.15, 0.2) is 0 Å². The van der Waals surface area contributed by atoms with Crippen LogP contribution in [0.25, 0.3) is 0 Å². The highest BCUT2D eigenvalue weighted by Crippen LogP contribution is 2.19. The van der Waals surface area contributed by atoms with Crippen molar-refractivity contribution < 1.29 is 33.0 Å². The first-order valence-electron chi connectivity index (χ1n) is 12.6. The predicted molar refractivity (Wildman–Crippen MR) is 130 cm³/mol. The van der Waals surface area contributed by atoms with E-state index in [-0.39, 0.29) is 0 Å². The molecule has 0 aliphatic carbocycles. The van der Waals surface area contributed by atoms with Crippen molar-refractivity contribution in [1.82, 2.24) is 4.90 Å². The average Bonchev–Trinajstić information content (AvgIpc) is 2.75. The van der Waals surface area contributed by atoms with E-state index in [9.17, 15) is 10.2 Å². The van der Waals surface area contributed by atoms with Crippen LogP contribution in [-0.4, -0.2) is 102 Å². The fraction of sp³-hybridized carbons (Fsp3) is 1.00. The molecule has 0 spiro atoms. The molecular formula is C23H51NO7Si. The first-order chi connectivity index (χ1) is 15.5. The number of aliphatic hydroxyl groups excluding tert-OH is 2. The Morgan fingerprint density at radius 3 is 1.50 bits per heavy atom. The van der Waals surface area contributed by atoms with Crippen LogP contribution in [0.3, 0.4) is 0 Å². The number of hydrogen-bond acceptors (Lipinski definition) is 8. The van der Waals surface area contributed by atoms with E-state index in [1.165, 1.54) is 0 Å². The zero-order valence-corrected chi connectivity index (χ0v) is 22.4. The Hall–Kier alpha value is -0.103. The molecule has 0 bridgehead atoms. The first kappa shape index (κ1) is 31.9. The zero-order valence-electron chi connectivity index (χ0n) is 21.4. The van der Waals surface area contributed by atoms with E-state index < -0.39 is 21.0 Å². The number of rotatable bonds is 24. The Morgan fingerprint density at radius 2 is 1.12 bits per heavy atom. The molecule has 2 atom stereocenters. The van der Waals surface area contributed by atoms with Gasteiger partial charge in [-0.25, -0.2) is 0 Å². The molecule has 0 aromatic rings. The summed E-state index contributed by atoms with van der Waals surface area (Å²) < 4.78 is 29.0. The Bertz CT molecular complexity index is 370. The van der Waals surface area contributed by atoms with Gasteiger partial charge in [-0.1, -0.05) is 26.7 Å². The van der Waals surface area contributed by atoms with Gasteiger partial charge < -0.3 is 33.0 Å². The minimum absolute atomic E-state index is 0.301. The van der Waals surface area contributed by atoms with Crippen molar-refractivity contribution in [2.24, 2.45) is 0 Å². The summed E-state index contributed by atoms with van der Waals surface area (Å²) in [4.78, 5) is 2.07. The van der Waals surface area contributed by atoms with E-state index in [1.807, 2.05) is 20.8 Å². The van der Waals surface area contributed by atoms with Crippen LogP contribution in [-0.2, 0) is 22.8 Å². The van der Waals surface area contributed by atoms with Gasteiger partial charge in [0.1, 0.15) is 0 Å². The maximum atomic E-state index is 10.4. The van der Waals surface area contributed by atoms with E-state index >= 15 is 0 Å². The van der Waals surface area contributed by atoms with Crippen LogP contribution < -0.4 is 0 Å². The molecule has 194 valence electrons. The van der Waals surface area contributed by atoms with E-state index in [2.05, 4.69) is 18.7 Å². The first-order valence-corrected chi connectivity index (χ1v) is 14.6. The summed E-state index contributed by atoms with van der Waals surface area (Å²) in [5.74, 6) is 0. The Morgan fingerprint density at radius 1 is 0.688 bits per heavy atom. The third-order valence-corrected chi connectivity index (χ3v) is 8.04. The molecular weight excluding hydrogens is 430 g/mol. The van der Waals surface area contributed by atoms with Crippen molar-refractivity contribution in [2.75, 3.05) is 65.9 Å². The van der Waals surface area contributed by atoms with E-state index in [0.29, 0.717) is 71.9 Å². The normalized spacial score (nSPS) is 14.2. The van der Waals surface area contributed by atoms with Crippen LogP contribution in [0.2, 0.25) is 6.04 Å². The summed E-state index contributed by atoms with van der Waals surface area (Å²) in [5.41, 5.74) is 0.